The smallest absolute Gasteiger partial charge is 0.0843 e. The molecule has 1 saturated heterocycles. The summed E-state index contributed by atoms with van der Waals surface area (Å²) < 4.78 is 1.79. The van der Waals surface area contributed by atoms with Crippen molar-refractivity contribution in [2.75, 3.05) is 19.6 Å². The quantitative estimate of drug-likeness (QED) is 0.835. The van der Waals surface area contributed by atoms with E-state index in [9.17, 15) is 0 Å². The van der Waals surface area contributed by atoms with Gasteiger partial charge in [0.1, 0.15) is 0 Å². The molecule has 1 fully saturated rings. The number of nitrogens with zero attached hydrogens (tertiary/aromatic N) is 4. The zero-order valence-electron chi connectivity index (χ0n) is 14.1. The van der Waals surface area contributed by atoms with Gasteiger partial charge in [0.15, 0.2) is 0 Å². The molecule has 0 bridgehead atoms. The second kappa shape index (κ2) is 7.36. The molecule has 0 saturated carbocycles. The lowest BCUT2D eigenvalue weighted by Crippen LogP contribution is -2.60. The SMILES string of the molecule is CCCNC(Cc1cn(C)nn1)C(C)(C)N1CCCCC1. The van der Waals surface area contributed by atoms with Gasteiger partial charge < -0.3 is 5.32 Å². The third-order valence-corrected chi connectivity index (χ3v) is 4.73. The van der Waals surface area contributed by atoms with E-state index in [1.165, 1.54) is 32.4 Å². The van der Waals surface area contributed by atoms with E-state index in [0.717, 1.165) is 25.1 Å². The first-order valence-corrected chi connectivity index (χ1v) is 8.37. The van der Waals surface area contributed by atoms with Gasteiger partial charge in [-0.25, -0.2) is 0 Å². The Balaban J connectivity index is 2.08. The van der Waals surface area contributed by atoms with Gasteiger partial charge in [-0.1, -0.05) is 18.6 Å². The Morgan fingerprint density at radius 3 is 2.57 bits per heavy atom. The first-order chi connectivity index (χ1) is 10.0. The van der Waals surface area contributed by atoms with E-state index in [2.05, 4.69) is 41.3 Å². The molecule has 2 heterocycles. The van der Waals surface area contributed by atoms with Crippen LogP contribution < -0.4 is 5.32 Å². The van der Waals surface area contributed by atoms with E-state index in [1.807, 2.05) is 13.2 Å². The number of hydrogen-bond acceptors (Lipinski definition) is 4. The van der Waals surface area contributed by atoms with Gasteiger partial charge in [0, 0.05) is 31.2 Å². The highest BCUT2D eigenvalue weighted by Crippen LogP contribution is 2.25. The van der Waals surface area contributed by atoms with Crippen LogP contribution in [0.15, 0.2) is 6.20 Å². The van der Waals surface area contributed by atoms with Crippen LogP contribution in [0.4, 0.5) is 0 Å². The highest BCUT2D eigenvalue weighted by Gasteiger charge is 2.36. The van der Waals surface area contributed by atoms with E-state index >= 15 is 0 Å². The number of aromatic nitrogens is 3. The zero-order valence-corrected chi connectivity index (χ0v) is 14.1. The summed E-state index contributed by atoms with van der Waals surface area (Å²) in [5.74, 6) is 0. The first kappa shape index (κ1) is 16.4. The maximum Gasteiger partial charge on any atom is 0.0843 e. The van der Waals surface area contributed by atoms with Crippen LogP contribution in [0.25, 0.3) is 0 Å². The second-order valence-electron chi connectivity index (χ2n) is 6.80. The van der Waals surface area contributed by atoms with Crippen LogP contribution in [-0.2, 0) is 13.5 Å². The lowest BCUT2D eigenvalue weighted by Gasteiger charge is -2.46. The molecule has 0 amide bonds. The minimum absolute atomic E-state index is 0.146. The maximum absolute atomic E-state index is 4.28. The molecule has 0 aromatic carbocycles. The summed E-state index contributed by atoms with van der Waals surface area (Å²) in [4.78, 5) is 2.65. The van der Waals surface area contributed by atoms with Crippen molar-refractivity contribution in [2.45, 2.75) is 64.5 Å². The Bertz CT molecular complexity index is 420. The minimum Gasteiger partial charge on any atom is -0.312 e. The predicted octanol–water partition coefficient (Wildman–Crippen LogP) is 1.99. The lowest BCUT2D eigenvalue weighted by atomic mass is 9.87. The molecule has 1 unspecified atom stereocenters. The Kier molecular flexibility index (Phi) is 5.76. The summed E-state index contributed by atoms with van der Waals surface area (Å²) >= 11 is 0. The molecule has 0 aliphatic carbocycles. The normalized spacial score (nSPS) is 18.9. The highest BCUT2D eigenvalue weighted by molar-refractivity contribution is 5.03. The largest absolute Gasteiger partial charge is 0.312 e. The molecule has 1 aliphatic rings. The number of rotatable bonds is 7. The van der Waals surface area contributed by atoms with Crippen molar-refractivity contribution in [1.82, 2.24) is 25.2 Å². The van der Waals surface area contributed by atoms with Crippen molar-refractivity contribution in [3.63, 3.8) is 0 Å². The van der Waals surface area contributed by atoms with Crippen molar-refractivity contribution in [2.24, 2.45) is 7.05 Å². The van der Waals surface area contributed by atoms with Crippen molar-refractivity contribution in [3.05, 3.63) is 11.9 Å². The van der Waals surface area contributed by atoms with Crippen molar-refractivity contribution >= 4 is 0 Å². The van der Waals surface area contributed by atoms with E-state index in [0.29, 0.717) is 6.04 Å². The summed E-state index contributed by atoms with van der Waals surface area (Å²) in [6, 6.07) is 0.409. The fraction of sp³-hybridized carbons (Fsp3) is 0.875. The molecular formula is C16H31N5. The van der Waals surface area contributed by atoms with Gasteiger partial charge >= 0.3 is 0 Å². The molecule has 5 heteroatoms. The number of likely N-dealkylation sites (tertiary alicyclic amines) is 1. The number of piperidine rings is 1. The molecule has 1 aromatic heterocycles. The standard InChI is InChI=1S/C16H31N5/c1-5-9-17-15(12-14-13-20(4)19-18-14)16(2,3)21-10-7-6-8-11-21/h13,15,17H,5-12H2,1-4H3. The van der Waals surface area contributed by atoms with Gasteiger partial charge in [-0.05, 0) is 52.7 Å². The van der Waals surface area contributed by atoms with Crippen LogP contribution in [0.1, 0.15) is 52.1 Å². The fourth-order valence-corrected chi connectivity index (χ4v) is 3.28. The van der Waals surface area contributed by atoms with Crippen molar-refractivity contribution < 1.29 is 0 Å². The van der Waals surface area contributed by atoms with Gasteiger partial charge in [-0.15, -0.1) is 5.10 Å². The number of hydrogen-bond donors (Lipinski definition) is 1. The number of nitrogens with one attached hydrogen (secondary N) is 1. The summed E-state index contributed by atoms with van der Waals surface area (Å²) in [5.41, 5.74) is 1.23. The summed E-state index contributed by atoms with van der Waals surface area (Å²) in [6.45, 7) is 10.5. The Hall–Kier alpha value is -0.940. The third-order valence-electron chi connectivity index (χ3n) is 4.73. The van der Waals surface area contributed by atoms with Gasteiger partial charge in [-0.2, -0.15) is 0 Å². The Labute approximate surface area is 129 Å². The van der Waals surface area contributed by atoms with Crippen LogP contribution in [0.2, 0.25) is 0 Å². The molecule has 1 aromatic rings. The summed E-state index contributed by atoms with van der Waals surface area (Å²) in [5, 5.41) is 12.1. The van der Waals surface area contributed by atoms with E-state index in [4.69, 9.17) is 0 Å². The van der Waals surface area contributed by atoms with Gasteiger partial charge in [0.25, 0.3) is 0 Å². The average Bonchev–Trinajstić information content (AvgIpc) is 2.89. The van der Waals surface area contributed by atoms with E-state index in [-0.39, 0.29) is 5.54 Å². The van der Waals surface area contributed by atoms with Crippen molar-refractivity contribution in [3.8, 4) is 0 Å². The fourth-order valence-electron chi connectivity index (χ4n) is 3.28. The molecular weight excluding hydrogens is 262 g/mol. The molecule has 1 aliphatic heterocycles. The molecule has 1 atom stereocenters. The van der Waals surface area contributed by atoms with Crippen LogP contribution in [0, 0.1) is 0 Å². The lowest BCUT2D eigenvalue weighted by molar-refractivity contribution is 0.0608. The molecule has 120 valence electrons. The Morgan fingerprint density at radius 2 is 2.00 bits per heavy atom. The molecule has 0 spiro atoms. The second-order valence-corrected chi connectivity index (χ2v) is 6.80. The zero-order chi connectivity index (χ0) is 15.3. The summed E-state index contributed by atoms with van der Waals surface area (Å²) in [7, 11) is 1.93. The maximum atomic E-state index is 4.28. The number of aryl methyl sites for hydroxylation is 1. The average molecular weight is 293 g/mol. The van der Waals surface area contributed by atoms with Gasteiger partial charge in [0.05, 0.1) is 5.69 Å². The monoisotopic (exact) mass is 293 g/mol. The van der Waals surface area contributed by atoms with Crippen molar-refractivity contribution in [1.29, 1.82) is 0 Å². The van der Waals surface area contributed by atoms with Crippen LogP contribution in [-0.4, -0.2) is 51.1 Å². The minimum atomic E-state index is 0.146. The van der Waals surface area contributed by atoms with Gasteiger partial charge in [-0.3, -0.25) is 9.58 Å². The van der Waals surface area contributed by atoms with Crippen LogP contribution in [0.5, 0.6) is 0 Å². The molecule has 2 rings (SSSR count). The molecule has 1 N–H and O–H groups in total. The molecule has 5 nitrogen and oxygen atoms in total. The van der Waals surface area contributed by atoms with Crippen LogP contribution in [0.3, 0.4) is 0 Å². The molecule has 21 heavy (non-hydrogen) atoms. The van der Waals surface area contributed by atoms with E-state index < -0.39 is 0 Å². The molecule has 0 radical (unpaired) electrons. The topological polar surface area (TPSA) is 46.0 Å². The highest BCUT2D eigenvalue weighted by atomic mass is 15.4. The predicted molar refractivity (Wildman–Crippen MR) is 86.3 cm³/mol. The third kappa shape index (κ3) is 4.27. The van der Waals surface area contributed by atoms with E-state index in [1.54, 1.807) is 4.68 Å². The first-order valence-electron chi connectivity index (χ1n) is 8.37. The Morgan fingerprint density at radius 1 is 1.29 bits per heavy atom. The van der Waals surface area contributed by atoms with Crippen LogP contribution >= 0.6 is 0 Å². The summed E-state index contributed by atoms with van der Waals surface area (Å²) in [6.07, 6.45) is 8.17. The van der Waals surface area contributed by atoms with Gasteiger partial charge in [0.2, 0.25) is 0 Å².